The Balaban J connectivity index is 1.10. The molecule has 3 aliphatic heterocycles. The number of carbonyl (C=O) groups excluding carboxylic acids is 2. The van der Waals surface area contributed by atoms with E-state index in [1.807, 2.05) is 28.0 Å². The van der Waals surface area contributed by atoms with Gasteiger partial charge >= 0.3 is 0 Å². The topological polar surface area (TPSA) is 96.5 Å². The number of sulfonamides is 1. The van der Waals surface area contributed by atoms with Crippen molar-refractivity contribution in [1.82, 2.24) is 14.1 Å². The van der Waals surface area contributed by atoms with Crippen LogP contribution >= 0.6 is 0 Å². The molecule has 0 unspecified atom stereocenters. The second-order valence-corrected chi connectivity index (χ2v) is 11.1. The van der Waals surface area contributed by atoms with Crippen molar-refractivity contribution in [2.45, 2.75) is 25.2 Å². The van der Waals surface area contributed by atoms with Crippen LogP contribution in [0.4, 0.5) is 0 Å². The molecule has 2 saturated heterocycles. The van der Waals surface area contributed by atoms with Crippen molar-refractivity contribution in [3.05, 3.63) is 23.8 Å². The zero-order valence-corrected chi connectivity index (χ0v) is 19.1. The first-order chi connectivity index (χ1) is 15.3. The van der Waals surface area contributed by atoms with E-state index in [0.29, 0.717) is 52.1 Å². The Hall–Kier alpha value is -2.33. The third kappa shape index (κ3) is 4.17. The molecule has 4 aliphatic rings. The van der Waals surface area contributed by atoms with Crippen LogP contribution < -0.4 is 9.47 Å². The summed E-state index contributed by atoms with van der Waals surface area (Å²) < 4.78 is 35.6. The number of amides is 2. The molecule has 0 aromatic heterocycles. The highest BCUT2D eigenvalue weighted by atomic mass is 32.2. The van der Waals surface area contributed by atoms with Gasteiger partial charge in [-0.3, -0.25) is 9.59 Å². The first-order valence-corrected chi connectivity index (χ1v) is 13.1. The van der Waals surface area contributed by atoms with Gasteiger partial charge in [-0.15, -0.1) is 0 Å². The molecule has 3 heterocycles. The maximum Gasteiger partial charge on any atom is 0.231 e. The van der Waals surface area contributed by atoms with Crippen LogP contribution in [0.15, 0.2) is 18.2 Å². The van der Waals surface area contributed by atoms with Crippen LogP contribution in [0.3, 0.4) is 0 Å². The number of benzene rings is 1. The molecule has 1 aromatic carbocycles. The first-order valence-electron chi connectivity index (χ1n) is 11.2. The third-order valence-corrected chi connectivity index (χ3v) is 8.41. The summed E-state index contributed by atoms with van der Waals surface area (Å²) in [6.45, 7) is 3.23. The van der Waals surface area contributed by atoms with Gasteiger partial charge in [0.05, 0.1) is 6.26 Å². The zero-order chi connectivity index (χ0) is 22.5. The van der Waals surface area contributed by atoms with Crippen LogP contribution in [0.2, 0.25) is 0 Å². The minimum atomic E-state index is -3.20. The standard InChI is InChI=1S/C22H29N3O6S/c1-32(28,29)25-6-4-15(5-7-25)21(26)23-8-10-24(11-9-23)22(27)18-13-17(18)16-2-3-19-20(12-16)31-14-30-19/h2-3,12,15,17-18H,4-11,13-14H2,1H3/t17-,18-/m0/s1. The summed E-state index contributed by atoms with van der Waals surface area (Å²) in [5, 5.41) is 0. The largest absolute Gasteiger partial charge is 0.454 e. The van der Waals surface area contributed by atoms with Gasteiger partial charge in [0.1, 0.15) is 0 Å². The van der Waals surface area contributed by atoms with Gasteiger partial charge in [-0.25, -0.2) is 12.7 Å². The van der Waals surface area contributed by atoms with E-state index in [1.54, 1.807) is 0 Å². The number of piperazine rings is 1. The number of piperidine rings is 1. The first kappa shape index (κ1) is 21.5. The number of rotatable bonds is 4. The molecule has 2 amide bonds. The van der Waals surface area contributed by atoms with Crippen molar-refractivity contribution in [1.29, 1.82) is 0 Å². The van der Waals surface area contributed by atoms with Gasteiger partial charge in [-0.2, -0.15) is 0 Å². The Kier molecular flexibility index (Phi) is 5.53. The minimum absolute atomic E-state index is 0.00190. The Bertz CT molecular complexity index is 1010. The van der Waals surface area contributed by atoms with Crippen molar-refractivity contribution in [3.63, 3.8) is 0 Å². The fourth-order valence-corrected chi connectivity index (χ4v) is 5.93. The molecule has 0 spiro atoms. The van der Waals surface area contributed by atoms with E-state index in [0.717, 1.165) is 23.5 Å². The maximum atomic E-state index is 13.0. The summed E-state index contributed by atoms with van der Waals surface area (Å²) in [7, 11) is -3.20. The van der Waals surface area contributed by atoms with Crippen molar-refractivity contribution in [2.24, 2.45) is 11.8 Å². The molecule has 5 rings (SSSR count). The van der Waals surface area contributed by atoms with Crippen LogP contribution in [0.5, 0.6) is 11.5 Å². The predicted molar refractivity (Wildman–Crippen MR) is 116 cm³/mol. The second-order valence-electron chi connectivity index (χ2n) is 9.15. The number of fused-ring (bicyclic) bond motifs is 1. The van der Waals surface area contributed by atoms with Crippen molar-refractivity contribution >= 4 is 21.8 Å². The second kappa shape index (κ2) is 8.22. The lowest BCUT2D eigenvalue weighted by atomic mass is 9.96. The summed E-state index contributed by atoms with van der Waals surface area (Å²) in [6, 6.07) is 5.89. The van der Waals surface area contributed by atoms with Crippen molar-refractivity contribution < 1.29 is 27.5 Å². The molecule has 1 aliphatic carbocycles. The predicted octanol–water partition coefficient (Wildman–Crippen LogP) is 0.861. The molecule has 32 heavy (non-hydrogen) atoms. The van der Waals surface area contributed by atoms with E-state index in [4.69, 9.17) is 9.47 Å². The summed E-state index contributed by atoms with van der Waals surface area (Å²) in [5.74, 6) is 1.84. The van der Waals surface area contributed by atoms with Crippen LogP contribution in [-0.4, -0.2) is 86.7 Å². The van der Waals surface area contributed by atoms with Gasteiger partial charge in [0, 0.05) is 51.1 Å². The average Bonchev–Trinajstić information content (AvgIpc) is 3.46. The number of carbonyl (C=O) groups is 2. The molecular weight excluding hydrogens is 434 g/mol. The number of hydrogen-bond acceptors (Lipinski definition) is 6. The molecule has 2 atom stereocenters. The fraction of sp³-hybridized carbons (Fsp3) is 0.636. The lowest BCUT2D eigenvalue weighted by Gasteiger charge is -2.38. The van der Waals surface area contributed by atoms with E-state index < -0.39 is 10.0 Å². The van der Waals surface area contributed by atoms with E-state index in [2.05, 4.69) is 0 Å². The van der Waals surface area contributed by atoms with E-state index in [1.165, 1.54) is 10.6 Å². The quantitative estimate of drug-likeness (QED) is 0.657. The number of nitrogens with zero attached hydrogens (tertiary/aromatic N) is 3. The van der Waals surface area contributed by atoms with Gasteiger partial charge in [0.25, 0.3) is 0 Å². The van der Waals surface area contributed by atoms with Gasteiger partial charge in [0.15, 0.2) is 11.5 Å². The van der Waals surface area contributed by atoms with Gasteiger partial charge in [-0.1, -0.05) is 6.07 Å². The molecule has 174 valence electrons. The minimum Gasteiger partial charge on any atom is -0.454 e. The summed E-state index contributed by atoms with van der Waals surface area (Å²) in [5.41, 5.74) is 1.11. The summed E-state index contributed by atoms with van der Waals surface area (Å²) >= 11 is 0. The lowest BCUT2D eigenvalue weighted by Crippen LogP contribution is -2.53. The average molecular weight is 464 g/mol. The van der Waals surface area contributed by atoms with Crippen molar-refractivity contribution in [3.8, 4) is 11.5 Å². The van der Waals surface area contributed by atoms with Crippen LogP contribution in [0, 0.1) is 11.8 Å². The molecule has 0 radical (unpaired) electrons. The Morgan fingerprint density at radius 3 is 2.19 bits per heavy atom. The smallest absolute Gasteiger partial charge is 0.231 e. The monoisotopic (exact) mass is 463 g/mol. The highest BCUT2D eigenvalue weighted by molar-refractivity contribution is 7.88. The summed E-state index contributed by atoms with van der Waals surface area (Å²) in [4.78, 5) is 29.6. The zero-order valence-electron chi connectivity index (χ0n) is 18.2. The van der Waals surface area contributed by atoms with Crippen LogP contribution in [0.25, 0.3) is 0 Å². The Morgan fingerprint density at radius 1 is 0.906 bits per heavy atom. The lowest BCUT2D eigenvalue weighted by molar-refractivity contribution is -0.143. The Morgan fingerprint density at radius 2 is 1.53 bits per heavy atom. The number of ether oxygens (including phenoxy) is 2. The van der Waals surface area contributed by atoms with E-state index in [-0.39, 0.29) is 36.4 Å². The van der Waals surface area contributed by atoms with Crippen LogP contribution in [-0.2, 0) is 19.6 Å². The highest BCUT2D eigenvalue weighted by Crippen LogP contribution is 2.50. The molecule has 1 aromatic rings. The van der Waals surface area contributed by atoms with E-state index in [9.17, 15) is 18.0 Å². The molecule has 9 nitrogen and oxygen atoms in total. The Labute approximate surface area is 188 Å². The number of hydrogen-bond donors (Lipinski definition) is 0. The highest BCUT2D eigenvalue weighted by Gasteiger charge is 2.46. The molecule has 1 saturated carbocycles. The fourth-order valence-electron chi connectivity index (χ4n) is 5.05. The molecule has 0 bridgehead atoms. The SMILES string of the molecule is CS(=O)(=O)N1CCC(C(=O)N2CCN(C(=O)[C@H]3C[C@H]3c3ccc4c(c3)OCO4)CC2)CC1. The van der Waals surface area contributed by atoms with Crippen LogP contribution in [0.1, 0.15) is 30.7 Å². The van der Waals surface area contributed by atoms with Gasteiger partial charge in [-0.05, 0) is 42.9 Å². The van der Waals surface area contributed by atoms with Gasteiger partial charge < -0.3 is 19.3 Å². The van der Waals surface area contributed by atoms with Crippen molar-refractivity contribution in [2.75, 3.05) is 52.3 Å². The molecular formula is C22H29N3O6S. The van der Waals surface area contributed by atoms with Gasteiger partial charge in [0.2, 0.25) is 28.6 Å². The molecule has 10 heteroatoms. The van der Waals surface area contributed by atoms with E-state index >= 15 is 0 Å². The summed E-state index contributed by atoms with van der Waals surface area (Å²) in [6.07, 6.45) is 3.17. The molecule has 3 fully saturated rings. The third-order valence-electron chi connectivity index (χ3n) is 7.11. The normalized spacial score (nSPS) is 26.3. The molecule has 0 N–H and O–H groups in total. The maximum absolute atomic E-state index is 13.0.